The lowest BCUT2D eigenvalue weighted by Gasteiger charge is -2.15. The van der Waals surface area contributed by atoms with Crippen LogP contribution in [0.4, 0.5) is 52.0 Å². The fourth-order valence-corrected chi connectivity index (χ4v) is 14.0. The number of nitrogens with zero attached hydrogens (tertiary/aromatic N) is 10. The number of nitrogens with one attached hydrogen (secondary N) is 3. The Balaban J connectivity index is 0.938. The van der Waals surface area contributed by atoms with Gasteiger partial charge in [0.25, 0.3) is 60.7 Å². The standard InChI is InChI=1S/C48H33Cl2N13O20S7/c49-43-54-45(58-46(55-43)52-31-19-25(85(66,67)68)15-23-17-33(87(72,73)74)37(39(64)35(23)31)62-60-29-11-9-21-5-1-3-7-27(21)41(29)89(78,79)80)51-13-14-84-48-57-44(50)56-47(59-48)53-32-20-26(86(69,70)71)16-24-18-34(88(75,76)77)38(40(65)36(24)32)63-61-30-12-10-22-6-2-4-8-28(22)42(30)90(81,82)83/h1-12,15-20,64-65H,13-14H2,(H,66,67,68)(H,69,70,71)(H,72,73,74)(H,75,76,77)(H,78,79,80)(H,81,82,83)(H,53,56,57,59)(H2,51,52,54,55,58). The van der Waals surface area contributed by atoms with Crippen molar-refractivity contribution in [3.63, 3.8) is 0 Å². The van der Waals surface area contributed by atoms with Crippen LogP contribution in [0, 0.1) is 0 Å². The molecule has 42 heteroatoms. The van der Waals surface area contributed by atoms with Gasteiger partial charge in [-0.15, -0.1) is 20.5 Å². The predicted molar refractivity (Wildman–Crippen MR) is 322 cm³/mol. The van der Waals surface area contributed by atoms with E-state index in [1.807, 2.05) is 0 Å². The third kappa shape index (κ3) is 13.8. The smallest absolute Gasteiger partial charge is 0.297 e. The third-order valence-corrected chi connectivity index (χ3v) is 18.9. The summed E-state index contributed by atoms with van der Waals surface area (Å²) in [5, 5.41) is 44.1. The lowest BCUT2D eigenvalue weighted by Crippen LogP contribution is -2.11. The second-order valence-electron chi connectivity index (χ2n) is 18.3. The molecule has 0 spiro atoms. The van der Waals surface area contributed by atoms with Gasteiger partial charge in [0.15, 0.2) is 16.7 Å². The summed E-state index contributed by atoms with van der Waals surface area (Å²) in [4.78, 5) is 18.6. The summed E-state index contributed by atoms with van der Waals surface area (Å²) in [7, 11) is -31.3. The van der Waals surface area contributed by atoms with Crippen LogP contribution in [0.15, 0.2) is 164 Å². The monoisotopic (exact) mass is 1400 g/mol. The minimum Gasteiger partial charge on any atom is -0.505 e. The number of anilines is 5. The molecule has 10 aromatic rings. The number of hydrogen-bond donors (Lipinski definition) is 11. The molecule has 2 aromatic heterocycles. The molecule has 0 aliphatic heterocycles. The van der Waals surface area contributed by atoms with E-state index in [0.29, 0.717) is 35.0 Å². The first-order valence-corrected chi connectivity index (χ1v) is 34.5. The van der Waals surface area contributed by atoms with Gasteiger partial charge in [-0.3, -0.25) is 27.3 Å². The molecule has 8 aromatic carbocycles. The van der Waals surface area contributed by atoms with Crippen LogP contribution < -0.4 is 16.0 Å². The van der Waals surface area contributed by atoms with E-state index in [4.69, 9.17) is 23.2 Å². The van der Waals surface area contributed by atoms with Gasteiger partial charge < -0.3 is 26.2 Å². The quantitative estimate of drug-likeness (QED) is 0.0155. The fraction of sp³-hybridized carbons (Fsp3) is 0.0417. The Labute approximate surface area is 519 Å². The predicted octanol–water partition coefficient (Wildman–Crippen LogP) is 9.39. The molecule has 466 valence electrons. The molecule has 10 rings (SSSR count). The van der Waals surface area contributed by atoms with Crippen LogP contribution in [-0.2, 0) is 60.7 Å². The van der Waals surface area contributed by atoms with Gasteiger partial charge in [0.1, 0.15) is 42.3 Å². The van der Waals surface area contributed by atoms with Crippen LogP contribution >= 0.6 is 35.0 Å². The lowest BCUT2D eigenvalue weighted by molar-refractivity contribution is 0.471. The molecule has 90 heavy (non-hydrogen) atoms. The van der Waals surface area contributed by atoms with Gasteiger partial charge >= 0.3 is 0 Å². The Morgan fingerprint density at radius 3 is 1.27 bits per heavy atom. The molecule has 0 bridgehead atoms. The normalized spacial score (nSPS) is 12.9. The van der Waals surface area contributed by atoms with E-state index in [1.165, 1.54) is 48.5 Å². The van der Waals surface area contributed by atoms with Crippen LogP contribution in [0.1, 0.15) is 0 Å². The second kappa shape index (κ2) is 24.0. The van der Waals surface area contributed by atoms with Crippen LogP contribution in [-0.4, -0.2) is 130 Å². The average Bonchev–Trinajstić information content (AvgIpc) is 0.799. The molecule has 0 aliphatic rings. The van der Waals surface area contributed by atoms with E-state index >= 15 is 0 Å². The summed E-state index contributed by atoms with van der Waals surface area (Å²) in [6.45, 7) is -0.102. The maximum atomic E-state index is 12.8. The minimum absolute atomic E-state index is 0.00956. The van der Waals surface area contributed by atoms with Gasteiger partial charge in [-0.2, -0.15) is 80.4 Å². The maximum absolute atomic E-state index is 12.8. The number of hydrogen-bond acceptors (Lipinski definition) is 28. The number of azo groups is 2. The third-order valence-electron chi connectivity index (χ3n) is 12.5. The molecule has 0 aliphatic carbocycles. The number of phenolic OH excluding ortho intramolecular Hbond substituents is 2. The zero-order chi connectivity index (χ0) is 65.2. The molecule has 0 radical (unpaired) electrons. The van der Waals surface area contributed by atoms with Crippen molar-refractivity contribution < 1.29 is 88.0 Å². The summed E-state index contributed by atoms with van der Waals surface area (Å²) in [5.74, 6) is -3.57. The van der Waals surface area contributed by atoms with Crippen LogP contribution in [0.3, 0.4) is 0 Å². The maximum Gasteiger partial charge on any atom is 0.297 e. The van der Waals surface area contributed by atoms with Crippen molar-refractivity contribution >= 4 is 191 Å². The van der Waals surface area contributed by atoms with Gasteiger partial charge in [-0.25, -0.2) is 0 Å². The summed E-state index contributed by atoms with van der Waals surface area (Å²) >= 11 is 13.4. The molecule has 0 amide bonds. The summed E-state index contributed by atoms with van der Waals surface area (Å²) in [6.07, 6.45) is 0. The number of aromatic hydroxyl groups is 2. The van der Waals surface area contributed by atoms with Crippen molar-refractivity contribution in [1.82, 2.24) is 29.9 Å². The van der Waals surface area contributed by atoms with E-state index in [-0.39, 0.29) is 34.2 Å². The van der Waals surface area contributed by atoms with E-state index in [2.05, 4.69) is 66.3 Å². The van der Waals surface area contributed by atoms with Gasteiger partial charge in [-0.1, -0.05) is 72.4 Å². The van der Waals surface area contributed by atoms with Crippen LogP contribution in [0.25, 0.3) is 43.1 Å². The Kier molecular flexibility index (Phi) is 17.2. The first-order valence-electron chi connectivity index (χ1n) is 24.2. The number of benzene rings is 8. The number of thioether (sulfide) groups is 1. The average molecular weight is 1410 g/mol. The van der Waals surface area contributed by atoms with Crippen LogP contribution in [0.5, 0.6) is 11.5 Å². The Morgan fingerprint density at radius 2 is 0.844 bits per heavy atom. The zero-order valence-electron chi connectivity index (χ0n) is 43.9. The largest absolute Gasteiger partial charge is 0.505 e. The first kappa shape index (κ1) is 64.4. The van der Waals surface area contributed by atoms with Gasteiger partial charge in [0.05, 0.1) is 21.2 Å². The highest BCUT2D eigenvalue weighted by Crippen LogP contribution is 2.48. The summed E-state index contributed by atoms with van der Waals surface area (Å²) < 4.78 is 213. The van der Waals surface area contributed by atoms with Gasteiger partial charge in [-0.05, 0) is 93.3 Å². The Hall–Kier alpha value is -8.59. The molecular formula is C48H33Cl2N13O20S7. The number of rotatable bonds is 19. The molecule has 0 fully saturated rings. The number of halogens is 2. The number of fused-ring (bicyclic) bond motifs is 4. The molecule has 11 N–H and O–H groups in total. The zero-order valence-corrected chi connectivity index (χ0v) is 51.1. The molecule has 0 unspecified atom stereocenters. The van der Waals surface area contributed by atoms with E-state index in [0.717, 1.165) is 36.0 Å². The molecule has 0 atom stereocenters. The second-order valence-corrected chi connectivity index (χ2v) is 28.4. The van der Waals surface area contributed by atoms with Crippen molar-refractivity contribution in [1.29, 1.82) is 0 Å². The van der Waals surface area contributed by atoms with Gasteiger partial charge in [0.2, 0.25) is 28.4 Å². The van der Waals surface area contributed by atoms with Crippen molar-refractivity contribution in [2.45, 2.75) is 34.5 Å². The molecule has 33 nitrogen and oxygen atoms in total. The highest BCUT2D eigenvalue weighted by Gasteiger charge is 2.30. The molecule has 0 saturated carbocycles. The summed E-state index contributed by atoms with van der Waals surface area (Å²) in [6, 6.07) is 20.9. The Bertz CT molecular complexity index is 5190. The minimum atomic E-state index is -5.41. The number of phenols is 2. The highest BCUT2D eigenvalue weighted by molar-refractivity contribution is 7.99. The molecular weight excluding hydrogens is 1370 g/mol. The van der Waals surface area contributed by atoms with E-state index in [1.54, 1.807) is 12.1 Å². The fourth-order valence-electron chi connectivity index (χ4n) is 8.86. The molecule has 2 heterocycles. The van der Waals surface area contributed by atoms with E-state index in [9.17, 15) is 88.0 Å². The van der Waals surface area contributed by atoms with E-state index < -0.39 is 180 Å². The SMILES string of the molecule is O=S(=O)(O)c1cc(Nc2nc(Cl)nc(NCCSc3nc(Cl)nc(Nc4cc(S(=O)(=O)O)cc5cc(S(=O)(=O)O)c(N=Nc6ccc7ccccc7c6S(=O)(=O)O)c(O)c45)n3)n2)c2c(O)c(N=Nc3ccc4ccccc4c3S(=O)(=O)O)c(S(=O)(=O)O)cc2c1. The van der Waals surface area contributed by atoms with Crippen molar-refractivity contribution in [3.8, 4) is 11.5 Å². The first-order chi connectivity index (χ1) is 42.0. The lowest BCUT2D eigenvalue weighted by atomic mass is 10.1. The Morgan fingerprint density at radius 1 is 0.433 bits per heavy atom. The highest BCUT2D eigenvalue weighted by atomic mass is 35.5. The van der Waals surface area contributed by atoms with Crippen molar-refractivity contribution in [2.24, 2.45) is 20.5 Å². The van der Waals surface area contributed by atoms with Crippen molar-refractivity contribution in [2.75, 3.05) is 28.2 Å². The van der Waals surface area contributed by atoms with Gasteiger partial charge in [0, 0.05) is 33.8 Å². The topological polar surface area (TPSA) is 530 Å². The van der Waals surface area contributed by atoms with Crippen LogP contribution in [0.2, 0.25) is 10.6 Å². The van der Waals surface area contributed by atoms with Crippen molar-refractivity contribution in [3.05, 3.63) is 120 Å². The number of aromatic nitrogens is 6. The summed E-state index contributed by atoms with van der Waals surface area (Å²) in [5.41, 5.74) is -4.19. The molecule has 0 saturated heterocycles.